The van der Waals surface area contributed by atoms with E-state index in [0.717, 1.165) is 4.09 Å². The number of methoxy groups -OCH3 is 1. The van der Waals surface area contributed by atoms with Crippen molar-refractivity contribution in [3.05, 3.63) is 47.5 Å². The van der Waals surface area contributed by atoms with E-state index in [1.807, 2.05) is 0 Å². The van der Waals surface area contributed by atoms with Crippen LogP contribution in [0.25, 0.3) is 0 Å². The van der Waals surface area contributed by atoms with Crippen LogP contribution < -0.4 is 10.1 Å². The van der Waals surface area contributed by atoms with Crippen molar-refractivity contribution in [3.63, 3.8) is 0 Å². The molecule has 25 heavy (non-hydrogen) atoms. The molecule has 0 amide bonds. The molecule has 7 nitrogen and oxygen atoms in total. The Kier molecular flexibility index (Phi) is 3.86. The number of halogens is 1. The number of hydrogen-bond acceptors (Lipinski definition) is 7. The molecular weight excluding hydrogens is 384 g/mol. The maximum absolute atomic E-state index is 12.7. The summed E-state index contributed by atoms with van der Waals surface area (Å²) in [6.45, 7) is 0. The lowest BCUT2D eigenvalue weighted by atomic mass is 10.3. The van der Waals surface area contributed by atoms with Gasteiger partial charge in [-0.2, -0.15) is 13.4 Å². The second kappa shape index (κ2) is 5.94. The summed E-state index contributed by atoms with van der Waals surface area (Å²) in [5, 5.41) is 7.79. The number of anilines is 2. The molecule has 0 saturated heterocycles. The van der Waals surface area contributed by atoms with Gasteiger partial charge in [-0.25, -0.2) is 0 Å². The third kappa shape index (κ3) is 2.84. The normalized spacial score (nSPS) is 14.5. The lowest BCUT2D eigenvalue weighted by Crippen LogP contribution is -2.19. The van der Waals surface area contributed by atoms with Gasteiger partial charge < -0.3 is 10.1 Å². The zero-order valence-electron chi connectivity index (χ0n) is 12.8. The van der Waals surface area contributed by atoms with Gasteiger partial charge in [0.25, 0.3) is 10.0 Å². The highest BCUT2D eigenvalue weighted by atomic mass is 35.5. The van der Waals surface area contributed by atoms with E-state index in [1.54, 1.807) is 37.4 Å². The Morgan fingerprint density at radius 2 is 1.96 bits per heavy atom. The fourth-order valence-corrected chi connectivity index (χ4v) is 5.38. The molecule has 0 bridgehead atoms. The average Bonchev–Trinajstić information content (AvgIpc) is 2.98. The Morgan fingerprint density at radius 1 is 1.20 bits per heavy atom. The number of nitrogens with one attached hydrogen (secondary N) is 1. The highest BCUT2D eigenvalue weighted by molar-refractivity contribution is 8.01. The van der Waals surface area contributed by atoms with Crippen LogP contribution in [-0.2, 0) is 10.0 Å². The number of fused-ring (bicyclic) bond motifs is 2. The first kappa shape index (κ1) is 16.2. The van der Waals surface area contributed by atoms with E-state index < -0.39 is 10.0 Å². The van der Waals surface area contributed by atoms with Gasteiger partial charge in [0, 0.05) is 15.6 Å². The van der Waals surface area contributed by atoms with Gasteiger partial charge in [0.2, 0.25) is 11.1 Å². The van der Waals surface area contributed by atoms with Crippen molar-refractivity contribution in [2.75, 3.05) is 12.4 Å². The van der Waals surface area contributed by atoms with Crippen LogP contribution >= 0.6 is 23.4 Å². The van der Waals surface area contributed by atoms with Crippen LogP contribution in [0.4, 0.5) is 11.6 Å². The zero-order valence-corrected chi connectivity index (χ0v) is 15.2. The van der Waals surface area contributed by atoms with Crippen molar-refractivity contribution in [1.29, 1.82) is 0 Å². The van der Waals surface area contributed by atoms with Gasteiger partial charge in [-0.3, -0.25) is 0 Å². The largest absolute Gasteiger partial charge is 0.497 e. The van der Waals surface area contributed by atoms with Crippen LogP contribution in [0.15, 0.2) is 57.4 Å². The minimum atomic E-state index is -3.80. The number of rotatable bonds is 3. The highest BCUT2D eigenvalue weighted by Gasteiger charge is 2.32. The summed E-state index contributed by atoms with van der Waals surface area (Å²) >= 11 is 7.16. The fraction of sp³-hybridized carbons (Fsp3) is 0.0667. The first-order chi connectivity index (χ1) is 12.0. The summed E-state index contributed by atoms with van der Waals surface area (Å²) in [4.78, 5) is 4.96. The molecule has 2 aromatic carbocycles. The van der Waals surface area contributed by atoms with Crippen LogP contribution in [-0.4, -0.2) is 29.7 Å². The fourth-order valence-electron chi connectivity index (χ4n) is 2.33. The van der Waals surface area contributed by atoms with E-state index in [2.05, 4.69) is 15.4 Å². The van der Waals surface area contributed by atoms with Crippen molar-refractivity contribution in [2.24, 2.45) is 0 Å². The van der Waals surface area contributed by atoms with Gasteiger partial charge in [0.05, 0.1) is 7.11 Å². The summed E-state index contributed by atoms with van der Waals surface area (Å²) in [5.74, 6) is 0.906. The SMILES string of the molecule is COc1ccc(Nc2nc3n(n2)S(=O)(=O)c2ccc(Cl)cc2S3)cc1. The Balaban J connectivity index is 1.70. The molecule has 1 aliphatic heterocycles. The standard InChI is InChI=1S/C15H11ClN4O3S2/c1-23-11-5-3-10(4-6-11)17-14-18-15-20(19-14)25(21,22)13-7-2-9(16)8-12(13)24-15/h2-8H,1H3,(H,17,19). The lowest BCUT2D eigenvalue weighted by molar-refractivity contribution is 0.415. The van der Waals surface area contributed by atoms with Crippen LogP contribution in [0.1, 0.15) is 0 Å². The monoisotopic (exact) mass is 394 g/mol. The predicted octanol–water partition coefficient (Wildman–Crippen LogP) is 3.39. The molecule has 2 heterocycles. The summed E-state index contributed by atoms with van der Waals surface area (Å²) in [6, 6.07) is 11.7. The van der Waals surface area contributed by atoms with Gasteiger partial charge in [-0.05, 0) is 54.2 Å². The minimum Gasteiger partial charge on any atom is -0.497 e. The summed E-state index contributed by atoms with van der Waals surface area (Å²) in [5.41, 5.74) is 0.715. The molecule has 1 N–H and O–H groups in total. The minimum absolute atomic E-state index is 0.162. The second-order valence-electron chi connectivity index (χ2n) is 5.11. The van der Waals surface area contributed by atoms with Gasteiger partial charge in [-0.15, -0.1) is 9.19 Å². The van der Waals surface area contributed by atoms with Crippen LogP contribution in [0.5, 0.6) is 5.75 Å². The average molecular weight is 395 g/mol. The number of aromatic nitrogens is 3. The van der Waals surface area contributed by atoms with E-state index >= 15 is 0 Å². The van der Waals surface area contributed by atoms with Gasteiger partial charge in [0.1, 0.15) is 10.6 Å². The molecule has 0 spiro atoms. The molecular formula is C15H11ClN4O3S2. The Bertz CT molecular complexity index is 1060. The van der Waals surface area contributed by atoms with Crippen LogP contribution in [0, 0.1) is 0 Å². The van der Waals surface area contributed by atoms with Gasteiger partial charge >= 0.3 is 0 Å². The maximum atomic E-state index is 12.7. The molecule has 10 heteroatoms. The Labute approximate surface area is 153 Å². The van der Waals surface area contributed by atoms with Crippen molar-refractivity contribution >= 4 is 45.0 Å². The van der Waals surface area contributed by atoms with Crippen LogP contribution in [0.2, 0.25) is 5.02 Å². The first-order valence-corrected chi connectivity index (χ1v) is 9.72. The molecule has 0 fully saturated rings. The van der Waals surface area contributed by atoms with Crippen molar-refractivity contribution in [2.45, 2.75) is 14.9 Å². The van der Waals surface area contributed by atoms with Crippen molar-refractivity contribution < 1.29 is 13.2 Å². The molecule has 0 saturated carbocycles. The van der Waals surface area contributed by atoms with Gasteiger partial charge in [-0.1, -0.05) is 11.6 Å². The summed E-state index contributed by atoms with van der Waals surface area (Å²) < 4.78 is 31.5. The predicted molar refractivity (Wildman–Crippen MR) is 94.5 cm³/mol. The molecule has 128 valence electrons. The molecule has 1 aromatic heterocycles. The number of benzene rings is 2. The smallest absolute Gasteiger partial charge is 0.286 e. The number of hydrogen-bond donors (Lipinski definition) is 1. The van der Waals surface area contributed by atoms with E-state index in [1.165, 1.54) is 23.9 Å². The molecule has 1 aliphatic rings. The zero-order chi connectivity index (χ0) is 17.6. The lowest BCUT2D eigenvalue weighted by Gasteiger charge is -2.15. The maximum Gasteiger partial charge on any atom is 0.286 e. The third-order valence-corrected chi connectivity index (χ3v) is 6.62. The molecule has 3 aromatic rings. The number of nitrogens with zero attached hydrogens (tertiary/aromatic N) is 3. The van der Waals surface area contributed by atoms with E-state index in [0.29, 0.717) is 21.4 Å². The quantitative estimate of drug-likeness (QED) is 0.570. The second-order valence-corrected chi connectivity index (χ2v) is 8.29. The molecule has 0 radical (unpaired) electrons. The Hall–Kier alpha value is -2.23. The molecule has 4 rings (SSSR count). The Morgan fingerprint density at radius 3 is 2.68 bits per heavy atom. The highest BCUT2D eigenvalue weighted by Crippen LogP contribution is 2.40. The van der Waals surface area contributed by atoms with Gasteiger partial charge in [0.15, 0.2) is 0 Å². The number of ether oxygens (including phenoxy) is 1. The molecule has 0 unspecified atom stereocenters. The van der Waals surface area contributed by atoms with Crippen molar-refractivity contribution in [1.82, 2.24) is 14.2 Å². The van der Waals surface area contributed by atoms with Crippen molar-refractivity contribution in [3.8, 4) is 5.75 Å². The molecule has 0 atom stereocenters. The topological polar surface area (TPSA) is 86.1 Å². The van der Waals surface area contributed by atoms with Crippen LogP contribution in [0.3, 0.4) is 0 Å². The van der Waals surface area contributed by atoms with E-state index in [-0.39, 0.29) is 16.0 Å². The third-order valence-electron chi connectivity index (χ3n) is 3.51. The van der Waals surface area contributed by atoms with E-state index in [4.69, 9.17) is 16.3 Å². The summed E-state index contributed by atoms with van der Waals surface area (Å²) in [6.07, 6.45) is 0. The first-order valence-electron chi connectivity index (χ1n) is 7.08. The molecule has 0 aliphatic carbocycles. The van der Waals surface area contributed by atoms with E-state index in [9.17, 15) is 8.42 Å². The summed E-state index contributed by atoms with van der Waals surface area (Å²) in [7, 11) is -2.21.